The van der Waals surface area contributed by atoms with Crippen molar-refractivity contribution in [3.8, 4) is 11.1 Å². The maximum Gasteiger partial charge on any atom is 0.416 e. The Morgan fingerprint density at radius 2 is 1.67 bits per heavy atom. The number of carbonyl (C=O) groups is 2. The van der Waals surface area contributed by atoms with Crippen molar-refractivity contribution in [2.45, 2.75) is 50.9 Å². The number of benzene rings is 3. The van der Waals surface area contributed by atoms with E-state index in [9.17, 15) is 31.5 Å². The number of carboxylic acids is 1. The minimum atomic E-state index is -4.48. The molecule has 42 heavy (non-hydrogen) atoms. The molecule has 1 aromatic heterocycles. The molecule has 2 fully saturated rings. The summed E-state index contributed by atoms with van der Waals surface area (Å²) in [4.78, 5) is 24.6. The normalized spacial score (nSPS) is 21.6. The van der Waals surface area contributed by atoms with E-state index in [0.717, 1.165) is 49.9 Å². The van der Waals surface area contributed by atoms with Crippen LogP contribution < -0.4 is 5.32 Å². The van der Waals surface area contributed by atoms with E-state index in [0.29, 0.717) is 27.7 Å². The number of carboxylic acid groups (broad SMARTS) is 1. The molecule has 6 rings (SSSR count). The molecule has 7 nitrogen and oxygen atoms in total. The molecule has 218 valence electrons. The zero-order valence-corrected chi connectivity index (χ0v) is 22.1. The van der Waals surface area contributed by atoms with E-state index in [1.54, 1.807) is 6.07 Å². The van der Waals surface area contributed by atoms with Gasteiger partial charge in [0.25, 0.3) is 5.91 Å². The van der Waals surface area contributed by atoms with Crippen LogP contribution in [-0.2, 0) is 17.5 Å². The third-order valence-corrected chi connectivity index (χ3v) is 8.32. The molecule has 2 N–H and O–H groups in total. The van der Waals surface area contributed by atoms with Gasteiger partial charge in [0.2, 0.25) is 0 Å². The van der Waals surface area contributed by atoms with Crippen LogP contribution in [0.4, 0.5) is 22.0 Å². The van der Waals surface area contributed by atoms with E-state index in [4.69, 9.17) is 5.11 Å². The first-order valence-corrected chi connectivity index (χ1v) is 13.4. The summed E-state index contributed by atoms with van der Waals surface area (Å²) in [7, 11) is 0. The van der Waals surface area contributed by atoms with E-state index >= 15 is 0 Å². The zero-order chi connectivity index (χ0) is 29.8. The summed E-state index contributed by atoms with van der Waals surface area (Å²) in [6.45, 7) is 0.0386. The minimum absolute atomic E-state index is 0.0386. The number of halogens is 5. The molecule has 1 heterocycles. The van der Waals surface area contributed by atoms with E-state index in [1.807, 2.05) is 0 Å². The molecule has 2 aliphatic rings. The molecule has 0 bridgehead atoms. The Balaban J connectivity index is 1.29. The average Bonchev–Trinajstić information content (AvgIpc) is 3.29. The monoisotopic (exact) mass is 584 g/mol. The number of hydrogen-bond acceptors (Lipinski definition) is 4. The predicted octanol–water partition coefficient (Wildman–Crippen LogP) is 6.21. The summed E-state index contributed by atoms with van der Waals surface area (Å²) in [5, 5.41) is 20.4. The number of carbonyl (C=O) groups excluding carboxylic acids is 1. The quantitative estimate of drug-likeness (QED) is 0.252. The molecule has 3 aromatic carbocycles. The van der Waals surface area contributed by atoms with Crippen LogP contribution in [0.5, 0.6) is 0 Å². The van der Waals surface area contributed by atoms with E-state index < -0.39 is 35.3 Å². The fraction of sp³-hybridized carbons (Fsp3) is 0.333. The highest BCUT2D eigenvalue weighted by atomic mass is 19.4. The number of aliphatic carboxylic acids is 1. The first-order valence-electron chi connectivity index (χ1n) is 13.4. The van der Waals surface area contributed by atoms with E-state index in [1.165, 1.54) is 28.9 Å². The molecule has 2 saturated carbocycles. The SMILES string of the molecule is O=C(O)CC1CC2(C1)CC(NC(=O)c1cc(-c3ccc(F)c(F)c3)cc3nnn(Cc4ccc(C(F)(F)F)cc4)c13)C2. The van der Waals surface area contributed by atoms with Gasteiger partial charge in [0.1, 0.15) is 11.0 Å². The highest BCUT2D eigenvalue weighted by Gasteiger charge is 2.53. The van der Waals surface area contributed by atoms with Gasteiger partial charge in [0.15, 0.2) is 11.6 Å². The van der Waals surface area contributed by atoms with Crippen LogP contribution in [0.25, 0.3) is 22.2 Å². The van der Waals surface area contributed by atoms with Gasteiger partial charge in [0, 0.05) is 12.5 Å². The summed E-state index contributed by atoms with van der Waals surface area (Å²) in [5.74, 6) is -3.16. The van der Waals surface area contributed by atoms with Crippen molar-refractivity contribution in [2.24, 2.45) is 11.3 Å². The maximum atomic E-state index is 14.0. The van der Waals surface area contributed by atoms with Gasteiger partial charge < -0.3 is 10.4 Å². The maximum absolute atomic E-state index is 14.0. The molecular formula is C30H25F5N4O3. The third-order valence-electron chi connectivity index (χ3n) is 8.32. The minimum Gasteiger partial charge on any atom is -0.481 e. The van der Waals surface area contributed by atoms with Crippen LogP contribution in [0.3, 0.4) is 0 Å². The molecule has 0 aliphatic heterocycles. The van der Waals surface area contributed by atoms with Crippen LogP contribution in [0.15, 0.2) is 54.6 Å². The number of rotatable bonds is 7. The van der Waals surface area contributed by atoms with Gasteiger partial charge in [-0.15, -0.1) is 5.10 Å². The second kappa shape index (κ2) is 10.2. The number of nitrogens with one attached hydrogen (secondary N) is 1. The van der Waals surface area contributed by atoms with Crippen molar-refractivity contribution in [1.29, 1.82) is 0 Å². The second-order valence-corrected chi connectivity index (χ2v) is 11.4. The van der Waals surface area contributed by atoms with Crippen LogP contribution >= 0.6 is 0 Å². The lowest BCUT2D eigenvalue weighted by atomic mass is 9.49. The third kappa shape index (κ3) is 5.33. The van der Waals surface area contributed by atoms with Gasteiger partial charge in [-0.25, -0.2) is 13.5 Å². The predicted molar refractivity (Wildman–Crippen MR) is 141 cm³/mol. The number of fused-ring (bicyclic) bond motifs is 1. The van der Waals surface area contributed by atoms with Crippen LogP contribution in [-0.4, -0.2) is 38.0 Å². The van der Waals surface area contributed by atoms with Gasteiger partial charge in [-0.1, -0.05) is 23.4 Å². The Morgan fingerprint density at radius 3 is 2.31 bits per heavy atom. The second-order valence-electron chi connectivity index (χ2n) is 11.4. The topological polar surface area (TPSA) is 97.1 Å². The molecule has 0 unspecified atom stereocenters. The van der Waals surface area contributed by atoms with Gasteiger partial charge in [0.05, 0.1) is 17.7 Å². The Bertz CT molecular complexity index is 1690. The molecule has 0 radical (unpaired) electrons. The molecule has 2 aliphatic carbocycles. The highest BCUT2D eigenvalue weighted by Crippen LogP contribution is 2.59. The van der Waals surface area contributed by atoms with Crippen molar-refractivity contribution >= 4 is 22.9 Å². The van der Waals surface area contributed by atoms with Gasteiger partial charge in [-0.2, -0.15) is 13.2 Å². The number of nitrogens with zero attached hydrogens (tertiary/aromatic N) is 3. The fourth-order valence-corrected chi connectivity index (χ4v) is 6.45. The summed E-state index contributed by atoms with van der Waals surface area (Å²) >= 11 is 0. The van der Waals surface area contributed by atoms with Crippen LogP contribution in [0.1, 0.15) is 53.6 Å². The van der Waals surface area contributed by atoms with Crippen molar-refractivity contribution in [3.63, 3.8) is 0 Å². The fourth-order valence-electron chi connectivity index (χ4n) is 6.45. The molecule has 4 aromatic rings. The van der Waals surface area contributed by atoms with Gasteiger partial charge in [-0.05, 0) is 90.1 Å². The zero-order valence-electron chi connectivity index (χ0n) is 22.1. The largest absolute Gasteiger partial charge is 0.481 e. The van der Waals surface area contributed by atoms with Crippen molar-refractivity contribution in [1.82, 2.24) is 20.3 Å². The Labute approximate surface area is 236 Å². The molecule has 1 spiro atoms. The number of hydrogen-bond donors (Lipinski definition) is 2. The van der Waals surface area contributed by atoms with E-state index in [2.05, 4.69) is 15.6 Å². The highest BCUT2D eigenvalue weighted by molar-refractivity contribution is 6.06. The summed E-state index contributed by atoms with van der Waals surface area (Å²) in [6.07, 6.45) is -1.26. The smallest absolute Gasteiger partial charge is 0.416 e. The summed E-state index contributed by atoms with van der Waals surface area (Å²) < 4.78 is 68.1. The van der Waals surface area contributed by atoms with Crippen LogP contribution in [0, 0.1) is 23.0 Å². The van der Waals surface area contributed by atoms with Crippen molar-refractivity contribution < 1.29 is 36.6 Å². The molecular weight excluding hydrogens is 559 g/mol. The summed E-state index contributed by atoms with van der Waals surface area (Å²) in [5.41, 5.74) is 1.33. The molecule has 12 heteroatoms. The van der Waals surface area contributed by atoms with Crippen LogP contribution in [0.2, 0.25) is 0 Å². The van der Waals surface area contributed by atoms with Gasteiger partial charge >= 0.3 is 12.1 Å². The van der Waals surface area contributed by atoms with E-state index in [-0.39, 0.29) is 35.9 Å². The lowest BCUT2D eigenvalue weighted by Gasteiger charge is -2.57. The van der Waals surface area contributed by atoms with Crippen molar-refractivity contribution in [2.75, 3.05) is 0 Å². The lowest BCUT2D eigenvalue weighted by Crippen LogP contribution is -2.56. The number of aromatic nitrogens is 3. The molecule has 1 amide bonds. The Morgan fingerprint density at radius 1 is 0.952 bits per heavy atom. The number of alkyl halides is 3. The average molecular weight is 585 g/mol. The first kappa shape index (κ1) is 27.8. The van der Waals surface area contributed by atoms with Gasteiger partial charge in [-0.3, -0.25) is 9.59 Å². The summed E-state index contributed by atoms with van der Waals surface area (Å²) in [6, 6.07) is 11.0. The molecule has 0 atom stereocenters. The lowest BCUT2D eigenvalue weighted by molar-refractivity contribution is -0.142. The Hall–Kier alpha value is -4.35. The van der Waals surface area contributed by atoms with Crippen molar-refractivity contribution in [3.05, 3.63) is 82.9 Å². The first-order chi connectivity index (χ1) is 19.9. The number of amides is 1. The molecule has 0 saturated heterocycles. The standard InChI is InChI=1S/C30H25F5N4O3/c31-23-6-3-18(9-24(23)32)19-8-22(28(42)36-21-13-29(14-21)11-17(12-29)7-26(40)41)27-25(10-19)37-38-39(27)15-16-1-4-20(5-2-16)30(33,34)35/h1-6,8-10,17,21H,7,11-15H2,(H,36,42)(H,40,41). The Kier molecular flexibility index (Phi) is 6.74.